The van der Waals surface area contributed by atoms with Gasteiger partial charge in [0.15, 0.2) is 0 Å². The fraction of sp³-hybridized carbons (Fsp3) is 0.462. The summed E-state index contributed by atoms with van der Waals surface area (Å²) in [5.74, 6) is 0. The van der Waals surface area contributed by atoms with Gasteiger partial charge in [0.1, 0.15) is 0 Å². The Morgan fingerprint density at radius 2 is 1.87 bits per heavy atom. The highest BCUT2D eigenvalue weighted by molar-refractivity contribution is 5.13. The molecule has 0 radical (unpaired) electrons. The maximum Gasteiger partial charge on any atom is 0.0805 e. The molecule has 2 bridgehead atoms. The lowest BCUT2D eigenvalue weighted by Gasteiger charge is -2.58. The molecule has 0 amide bonds. The summed E-state index contributed by atoms with van der Waals surface area (Å²) in [6.45, 7) is 10.0. The molecule has 3 heterocycles. The highest BCUT2D eigenvalue weighted by Crippen LogP contribution is 2.25. The molecule has 0 spiro atoms. The Morgan fingerprint density at radius 3 is 2.47 bits per heavy atom. The van der Waals surface area contributed by atoms with Crippen LogP contribution in [0.5, 0.6) is 0 Å². The van der Waals surface area contributed by atoms with Gasteiger partial charge in [-0.3, -0.25) is 0 Å². The van der Waals surface area contributed by atoms with Crippen LogP contribution in [0, 0.1) is 6.54 Å². The van der Waals surface area contributed by atoms with Crippen LogP contribution in [0.1, 0.15) is 5.56 Å². The van der Waals surface area contributed by atoms with E-state index in [1.165, 1.54) is 49.3 Å². The van der Waals surface area contributed by atoms with Crippen molar-refractivity contribution in [1.82, 2.24) is 4.90 Å². The van der Waals surface area contributed by atoms with Gasteiger partial charge in [0.25, 0.3) is 0 Å². The Hall–Kier alpha value is -0.860. The summed E-state index contributed by atoms with van der Waals surface area (Å²) < 4.78 is 1.21. The molecule has 0 atom stereocenters. The van der Waals surface area contributed by atoms with E-state index < -0.39 is 0 Å². The van der Waals surface area contributed by atoms with E-state index in [1.807, 2.05) is 0 Å². The number of nitrogens with zero attached hydrogens (tertiary/aromatic N) is 2. The predicted octanol–water partition coefficient (Wildman–Crippen LogP) is 1.49. The van der Waals surface area contributed by atoms with Crippen molar-refractivity contribution in [3.8, 4) is 0 Å². The Morgan fingerprint density at radius 1 is 1.13 bits per heavy atom. The molecule has 3 aliphatic heterocycles. The molecule has 2 nitrogen and oxygen atoms in total. The number of piperazine rings is 3. The summed E-state index contributed by atoms with van der Waals surface area (Å²) in [7, 11) is 0. The van der Waals surface area contributed by atoms with Crippen LogP contribution in [-0.4, -0.2) is 42.1 Å². The fourth-order valence-corrected chi connectivity index (χ4v) is 2.73. The molecule has 0 aliphatic carbocycles. The van der Waals surface area contributed by atoms with Crippen molar-refractivity contribution < 1.29 is 4.48 Å². The average Bonchev–Trinajstić information content (AvgIpc) is 2.32. The summed E-state index contributed by atoms with van der Waals surface area (Å²) >= 11 is 0. The normalized spacial score (nSPS) is 34.3. The second kappa shape index (κ2) is 3.62. The second-order valence-corrected chi connectivity index (χ2v) is 4.79. The largest absolute Gasteiger partial charge is 0.448 e. The predicted molar refractivity (Wildman–Crippen MR) is 60.9 cm³/mol. The molecular formula is C13H18N2. The molecule has 80 valence electrons. The van der Waals surface area contributed by atoms with Crippen LogP contribution in [0.4, 0.5) is 0 Å². The van der Waals surface area contributed by atoms with Crippen LogP contribution < -0.4 is 0 Å². The van der Waals surface area contributed by atoms with E-state index >= 15 is 0 Å². The maximum atomic E-state index is 2.55. The first-order chi connectivity index (χ1) is 7.36. The lowest BCUT2D eigenvalue weighted by atomic mass is 10.1. The Kier molecular flexibility index (Phi) is 2.26. The molecule has 15 heavy (non-hydrogen) atoms. The van der Waals surface area contributed by atoms with E-state index in [1.54, 1.807) is 0 Å². The Labute approximate surface area is 91.7 Å². The molecule has 4 rings (SSSR count). The van der Waals surface area contributed by atoms with Gasteiger partial charge in [-0.1, -0.05) is 36.9 Å². The van der Waals surface area contributed by atoms with E-state index in [9.17, 15) is 0 Å². The van der Waals surface area contributed by atoms with Gasteiger partial charge >= 0.3 is 0 Å². The van der Waals surface area contributed by atoms with Gasteiger partial charge in [0.05, 0.1) is 19.6 Å². The number of quaternary nitrogens is 1. The third-order valence-electron chi connectivity index (χ3n) is 3.79. The quantitative estimate of drug-likeness (QED) is 0.519. The molecule has 3 saturated heterocycles. The van der Waals surface area contributed by atoms with Gasteiger partial charge in [0.2, 0.25) is 0 Å². The van der Waals surface area contributed by atoms with Gasteiger partial charge in [-0.05, 0) is 0 Å². The second-order valence-electron chi connectivity index (χ2n) is 4.79. The summed E-state index contributed by atoms with van der Waals surface area (Å²) in [6, 6.07) is 10.9. The molecular weight excluding hydrogens is 184 g/mol. The topological polar surface area (TPSA) is 3.24 Å². The first-order valence-electron chi connectivity index (χ1n) is 5.83. The van der Waals surface area contributed by atoms with E-state index in [2.05, 4.69) is 41.8 Å². The van der Waals surface area contributed by atoms with Crippen molar-refractivity contribution >= 4 is 0 Å². The minimum Gasteiger partial charge on any atom is -0.448 e. The van der Waals surface area contributed by atoms with Crippen molar-refractivity contribution in [2.24, 2.45) is 0 Å². The van der Waals surface area contributed by atoms with Gasteiger partial charge in [0, 0.05) is 18.7 Å². The average molecular weight is 202 g/mol. The molecule has 0 N–H and O–H groups in total. The van der Waals surface area contributed by atoms with Crippen LogP contribution in [0.15, 0.2) is 30.3 Å². The van der Waals surface area contributed by atoms with E-state index in [4.69, 9.17) is 0 Å². The lowest BCUT2D eigenvalue weighted by molar-refractivity contribution is -0.925. The third-order valence-corrected chi connectivity index (χ3v) is 3.79. The molecule has 3 fully saturated rings. The summed E-state index contributed by atoms with van der Waals surface area (Å²) in [5.41, 5.74) is 1.48. The number of hydrogen-bond donors (Lipinski definition) is 0. The van der Waals surface area contributed by atoms with Crippen LogP contribution in [0.2, 0.25) is 0 Å². The smallest absolute Gasteiger partial charge is 0.0805 e. The van der Waals surface area contributed by atoms with Crippen molar-refractivity contribution in [3.05, 3.63) is 42.4 Å². The molecule has 0 saturated carbocycles. The van der Waals surface area contributed by atoms with Crippen molar-refractivity contribution in [2.45, 2.75) is 6.54 Å². The summed E-state index contributed by atoms with van der Waals surface area (Å²) in [4.78, 5) is 2.55. The molecule has 0 aromatic heterocycles. The highest BCUT2D eigenvalue weighted by atomic mass is 15.4. The van der Waals surface area contributed by atoms with Crippen molar-refractivity contribution in [3.63, 3.8) is 0 Å². The lowest BCUT2D eigenvalue weighted by Crippen LogP contribution is -2.63. The van der Waals surface area contributed by atoms with E-state index in [-0.39, 0.29) is 0 Å². The minimum absolute atomic E-state index is 1.19. The Balaban J connectivity index is 1.76. The van der Waals surface area contributed by atoms with Crippen LogP contribution >= 0.6 is 0 Å². The van der Waals surface area contributed by atoms with Crippen LogP contribution in [0.3, 0.4) is 0 Å². The zero-order valence-corrected chi connectivity index (χ0v) is 9.10. The first-order valence-corrected chi connectivity index (χ1v) is 5.83. The monoisotopic (exact) mass is 202 g/mol. The number of fused-ring (bicyclic) bond motifs is 3. The zero-order chi connectivity index (χ0) is 10.1. The van der Waals surface area contributed by atoms with Crippen molar-refractivity contribution in [1.29, 1.82) is 0 Å². The van der Waals surface area contributed by atoms with Crippen LogP contribution in [-0.2, 0) is 6.54 Å². The van der Waals surface area contributed by atoms with Gasteiger partial charge in [-0.15, -0.1) is 6.54 Å². The van der Waals surface area contributed by atoms with Gasteiger partial charge in [-0.2, -0.15) is 0 Å². The van der Waals surface area contributed by atoms with Crippen molar-refractivity contribution in [2.75, 3.05) is 32.7 Å². The maximum absolute atomic E-state index is 2.55. The van der Waals surface area contributed by atoms with Crippen LogP contribution in [0.25, 0.3) is 0 Å². The zero-order valence-electron chi connectivity index (χ0n) is 9.10. The summed E-state index contributed by atoms with van der Waals surface area (Å²) in [6.07, 6.45) is 0. The fourth-order valence-electron chi connectivity index (χ4n) is 2.73. The molecule has 2 heteroatoms. The number of rotatable bonds is 2. The molecule has 3 aliphatic rings. The molecule has 1 aromatic carbocycles. The summed E-state index contributed by atoms with van der Waals surface area (Å²) in [5, 5.41) is 0. The van der Waals surface area contributed by atoms with E-state index in [0.29, 0.717) is 0 Å². The highest BCUT2D eigenvalue weighted by Gasteiger charge is 2.31. The first kappa shape index (κ1) is 9.37. The van der Waals surface area contributed by atoms with Gasteiger partial charge < -0.3 is 9.38 Å². The number of hydrogen-bond acceptors (Lipinski definition) is 1. The van der Waals surface area contributed by atoms with Gasteiger partial charge in [-0.25, -0.2) is 0 Å². The number of benzene rings is 1. The molecule has 1 aromatic rings. The van der Waals surface area contributed by atoms with E-state index in [0.717, 1.165) is 0 Å². The minimum atomic E-state index is 1.19. The Bertz CT molecular complexity index is 312. The molecule has 0 unspecified atom stereocenters. The third kappa shape index (κ3) is 1.80. The SMILES string of the molecule is c1ccc(C[N+]23[CH-]CN(CC2)CC3)cc1. The standard InChI is InChI=1S/C13H18N2/c1-2-4-13(5-3-1)12-15-9-6-14(7-10-15)8-11-15/h1-5,9H,6-8,10-12H2.